The van der Waals surface area contributed by atoms with Crippen LogP contribution in [-0.2, 0) is 0 Å². The number of hydrogen-bond donors (Lipinski definition) is 0. The molecule has 1 fully saturated rings. The summed E-state index contributed by atoms with van der Waals surface area (Å²) in [5, 5.41) is 1.12. The molecule has 0 unspecified atom stereocenters. The summed E-state index contributed by atoms with van der Waals surface area (Å²) in [7, 11) is 0. The van der Waals surface area contributed by atoms with Crippen molar-refractivity contribution in [2.24, 2.45) is 0 Å². The van der Waals surface area contributed by atoms with E-state index in [-0.39, 0.29) is 5.91 Å². The number of amides is 1. The molecule has 0 bridgehead atoms. The van der Waals surface area contributed by atoms with Gasteiger partial charge in [-0.05, 0) is 42.8 Å². The Morgan fingerprint density at radius 2 is 1.78 bits per heavy atom. The zero-order valence-corrected chi connectivity index (χ0v) is 14.1. The van der Waals surface area contributed by atoms with E-state index in [0.29, 0.717) is 22.3 Å². The maximum Gasteiger partial charge on any atom is 0.253 e. The van der Waals surface area contributed by atoms with Gasteiger partial charge in [0.25, 0.3) is 5.91 Å². The second-order valence-electron chi connectivity index (χ2n) is 5.48. The highest BCUT2D eigenvalue weighted by atomic mass is 35.5. The van der Waals surface area contributed by atoms with Crippen LogP contribution in [0.4, 0.5) is 5.69 Å². The van der Waals surface area contributed by atoms with Crippen LogP contribution in [-0.4, -0.2) is 42.0 Å². The molecule has 1 amide bonds. The van der Waals surface area contributed by atoms with Gasteiger partial charge in [0.2, 0.25) is 0 Å². The number of nitrogens with zero attached hydrogens (tertiary/aromatic N) is 3. The van der Waals surface area contributed by atoms with Crippen molar-refractivity contribution in [3.8, 4) is 0 Å². The molecule has 0 saturated carbocycles. The predicted octanol–water partition coefficient (Wildman–Crippen LogP) is 3.74. The van der Waals surface area contributed by atoms with Crippen molar-refractivity contribution in [2.75, 3.05) is 31.1 Å². The minimum atomic E-state index is 0.0521. The molecular weight excluding hydrogens is 333 g/mol. The monoisotopic (exact) mass is 349 g/mol. The Bertz CT molecular complexity index is 690. The Morgan fingerprint density at radius 1 is 1.00 bits per heavy atom. The van der Waals surface area contributed by atoms with Gasteiger partial charge in [-0.1, -0.05) is 23.2 Å². The molecule has 4 nitrogen and oxygen atoms in total. The maximum atomic E-state index is 12.6. The zero-order chi connectivity index (χ0) is 16.2. The second-order valence-corrected chi connectivity index (χ2v) is 6.30. The van der Waals surface area contributed by atoms with Crippen LogP contribution in [0.5, 0.6) is 0 Å². The molecule has 3 rings (SSSR count). The zero-order valence-electron chi connectivity index (χ0n) is 12.6. The summed E-state index contributed by atoms with van der Waals surface area (Å²) >= 11 is 11.8. The van der Waals surface area contributed by atoms with Crippen LogP contribution < -0.4 is 4.90 Å². The van der Waals surface area contributed by atoms with E-state index >= 15 is 0 Å². The summed E-state index contributed by atoms with van der Waals surface area (Å²) in [6.07, 6.45) is 2.62. The molecular formula is C17H17Cl2N3O. The summed E-state index contributed by atoms with van der Waals surface area (Å²) in [6.45, 7) is 3.10. The Balaban J connectivity index is 1.68. The highest BCUT2D eigenvalue weighted by molar-refractivity contribution is 6.30. The van der Waals surface area contributed by atoms with Gasteiger partial charge < -0.3 is 9.80 Å². The minimum absolute atomic E-state index is 0.0521. The second kappa shape index (κ2) is 7.20. The molecule has 0 N–H and O–H groups in total. The lowest BCUT2D eigenvalue weighted by Crippen LogP contribution is -2.35. The molecule has 1 aromatic heterocycles. The van der Waals surface area contributed by atoms with Crippen molar-refractivity contribution in [1.82, 2.24) is 9.88 Å². The minimum Gasteiger partial charge on any atom is -0.370 e. The fourth-order valence-corrected chi connectivity index (χ4v) is 3.04. The number of anilines is 1. The third-order valence-corrected chi connectivity index (χ3v) is 4.41. The van der Waals surface area contributed by atoms with Crippen molar-refractivity contribution in [1.29, 1.82) is 0 Å². The van der Waals surface area contributed by atoms with E-state index in [1.54, 1.807) is 30.5 Å². The molecule has 1 aromatic carbocycles. The van der Waals surface area contributed by atoms with E-state index in [2.05, 4.69) is 9.88 Å². The average Bonchev–Trinajstić information content (AvgIpc) is 2.81. The Hall–Kier alpha value is -1.78. The summed E-state index contributed by atoms with van der Waals surface area (Å²) in [5.74, 6) is 0.0521. The van der Waals surface area contributed by atoms with Crippen LogP contribution >= 0.6 is 23.2 Å². The Kier molecular flexibility index (Phi) is 5.03. The molecule has 6 heteroatoms. The molecule has 1 aliphatic rings. The maximum absolute atomic E-state index is 12.6. The van der Waals surface area contributed by atoms with E-state index in [1.807, 2.05) is 17.0 Å². The van der Waals surface area contributed by atoms with Gasteiger partial charge in [0, 0.05) is 48.6 Å². The number of halogens is 2. The number of rotatable bonds is 2. The first kappa shape index (κ1) is 16.1. The molecule has 0 atom stereocenters. The van der Waals surface area contributed by atoms with Crippen LogP contribution in [0.25, 0.3) is 0 Å². The molecule has 120 valence electrons. The summed E-state index contributed by atoms with van der Waals surface area (Å²) in [6, 6.07) is 10.8. The third kappa shape index (κ3) is 3.95. The summed E-state index contributed by atoms with van der Waals surface area (Å²) < 4.78 is 0. The van der Waals surface area contributed by atoms with Crippen LogP contribution in [0.2, 0.25) is 10.2 Å². The van der Waals surface area contributed by atoms with Gasteiger partial charge in [0.1, 0.15) is 5.15 Å². The molecule has 1 aliphatic heterocycles. The van der Waals surface area contributed by atoms with Gasteiger partial charge in [0.15, 0.2) is 0 Å². The predicted molar refractivity (Wildman–Crippen MR) is 93.4 cm³/mol. The van der Waals surface area contributed by atoms with Gasteiger partial charge >= 0.3 is 0 Å². The van der Waals surface area contributed by atoms with E-state index in [9.17, 15) is 4.79 Å². The van der Waals surface area contributed by atoms with E-state index in [4.69, 9.17) is 23.2 Å². The van der Waals surface area contributed by atoms with Crippen molar-refractivity contribution in [3.05, 3.63) is 58.3 Å². The smallest absolute Gasteiger partial charge is 0.253 e. The van der Waals surface area contributed by atoms with E-state index < -0.39 is 0 Å². The molecule has 23 heavy (non-hydrogen) atoms. The van der Waals surface area contributed by atoms with Crippen molar-refractivity contribution in [2.45, 2.75) is 6.42 Å². The summed E-state index contributed by atoms with van der Waals surface area (Å²) in [5.41, 5.74) is 1.72. The van der Waals surface area contributed by atoms with Gasteiger partial charge in [-0.15, -0.1) is 0 Å². The first-order valence-electron chi connectivity index (χ1n) is 7.55. The van der Waals surface area contributed by atoms with Crippen LogP contribution in [0, 0.1) is 0 Å². The van der Waals surface area contributed by atoms with Crippen LogP contribution in [0.1, 0.15) is 16.8 Å². The Morgan fingerprint density at radius 3 is 2.52 bits per heavy atom. The SMILES string of the molecule is O=C(c1ccc(Cl)cc1)N1CCCN(c2ccnc(Cl)c2)CC1. The van der Waals surface area contributed by atoms with Crippen LogP contribution in [0.3, 0.4) is 0 Å². The topological polar surface area (TPSA) is 36.4 Å². The summed E-state index contributed by atoms with van der Waals surface area (Å²) in [4.78, 5) is 20.7. The number of aromatic nitrogens is 1. The van der Waals surface area contributed by atoms with Gasteiger partial charge in [0.05, 0.1) is 0 Å². The van der Waals surface area contributed by atoms with Gasteiger partial charge in [-0.2, -0.15) is 0 Å². The average molecular weight is 350 g/mol. The lowest BCUT2D eigenvalue weighted by atomic mass is 10.2. The molecule has 2 heterocycles. The normalized spacial score (nSPS) is 15.4. The largest absolute Gasteiger partial charge is 0.370 e. The third-order valence-electron chi connectivity index (χ3n) is 3.95. The van der Waals surface area contributed by atoms with E-state index in [1.165, 1.54) is 0 Å². The first-order valence-corrected chi connectivity index (χ1v) is 8.30. The molecule has 0 aliphatic carbocycles. The lowest BCUT2D eigenvalue weighted by molar-refractivity contribution is 0.0767. The highest BCUT2D eigenvalue weighted by Gasteiger charge is 2.20. The standard InChI is InChI=1S/C17H17Cl2N3O/c18-14-4-2-13(3-5-14)17(23)22-9-1-8-21(10-11-22)15-6-7-20-16(19)12-15/h2-7,12H,1,8-11H2. The van der Waals surface area contributed by atoms with Crippen molar-refractivity contribution >= 4 is 34.8 Å². The molecule has 1 saturated heterocycles. The van der Waals surface area contributed by atoms with Crippen LogP contribution in [0.15, 0.2) is 42.6 Å². The first-order chi connectivity index (χ1) is 11.1. The number of pyridine rings is 1. The van der Waals surface area contributed by atoms with Crippen molar-refractivity contribution in [3.63, 3.8) is 0 Å². The van der Waals surface area contributed by atoms with Gasteiger partial charge in [-0.25, -0.2) is 4.98 Å². The quantitative estimate of drug-likeness (QED) is 0.775. The number of carbonyl (C=O) groups excluding carboxylic acids is 1. The molecule has 2 aromatic rings. The lowest BCUT2D eigenvalue weighted by Gasteiger charge is -2.23. The van der Waals surface area contributed by atoms with E-state index in [0.717, 1.165) is 31.7 Å². The molecule has 0 spiro atoms. The fraction of sp³-hybridized carbons (Fsp3) is 0.294. The number of carbonyl (C=O) groups is 1. The number of benzene rings is 1. The number of hydrogen-bond acceptors (Lipinski definition) is 3. The van der Waals surface area contributed by atoms with Crippen molar-refractivity contribution < 1.29 is 4.79 Å². The fourth-order valence-electron chi connectivity index (χ4n) is 2.74. The molecule has 0 radical (unpaired) electrons. The highest BCUT2D eigenvalue weighted by Crippen LogP contribution is 2.20. The Labute approximate surface area is 145 Å². The van der Waals surface area contributed by atoms with Gasteiger partial charge in [-0.3, -0.25) is 4.79 Å².